The highest BCUT2D eigenvalue weighted by Gasteiger charge is 2.54. The number of allylic oxidation sites excluding steroid dienone is 2. The van der Waals surface area contributed by atoms with Gasteiger partial charge in [0.25, 0.3) is 0 Å². The predicted octanol–water partition coefficient (Wildman–Crippen LogP) is 2.27. The van der Waals surface area contributed by atoms with Gasteiger partial charge in [-0.15, -0.1) is 0 Å². The van der Waals surface area contributed by atoms with E-state index in [1.165, 1.54) is 19.3 Å². The van der Waals surface area contributed by atoms with Gasteiger partial charge in [0.2, 0.25) is 11.8 Å². The van der Waals surface area contributed by atoms with Gasteiger partial charge in [-0.25, -0.2) is 0 Å². The summed E-state index contributed by atoms with van der Waals surface area (Å²) in [6, 6.07) is 0. The first-order valence-electron chi connectivity index (χ1n) is 10.6. The number of ether oxygens (including phenoxy) is 1. The molecule has 1 saturated heterocycles. The molecule has 0 N–H and O–H groups in total. The van der Waals surface area contributed by atoms with Crippen LogP contribution in [0.2, 0.25) is 0 Å². The molecule has 0 unspecified atom stereocenters. The van der Waals surface area contributed by atoms with Gasteiger partial charge in [-0.1, -0.05) is 12.2 Å². The van der Waals surface area contributed by atoms with Crippen molar-refractivity contribution in [1.82, 2.24) is 4.90 Å². The fraction of sp³-hybridized carbons (Fsp3) is 0.727. The van der Waals surface area contributed by atoms with Gasteiger partial charge in [0.15, 0.2) is 12.4 Å². The maximum absolute atomic E-state index is 12.9. The molecule has 0 spiro atoms. The van der Waals surface area contributed by atoms with Crippen molar-refractivity contribution in [3.05, 3.63) is 12.2 Å². The van der Waals surface area contributed by atoms with Crippen molar-refractivity contribution in [3.8, 4) is 0 Å². The summed E-state index contributed by atoms with van der Waals surface area (Å²) in [5.41, 5.74) is -0.297. The smallest absolute Gasteiger partial charge is 0.326 e. The number of likely N-dealkylation sites (tertiary alicyclic amines) is 1. The zero-order valence-electron chi connectivity index (χ0n) is 16.1. The van der Waals surface area contributed by atoms with E-state index < -0.39 is 5.97 Å². The van der Waals surface area contributed by atoms with Crippen molar-refractivity contribution in [2.75, 3.05) is 13.2 Å². The zero-order chi connectivity index (χ0) is 19.5. The normalized spacial score (nSPS) is 40.7. The molecular weight excluding hydrogens is 358 g/mol. The topological polar surface area (TPSA) is 80.8 Å². The molecule has 2 atom stereocenters. The average Bonchev–Trinajstić information content (AvgIpc) is 2.90. The van der Waals surface area contributed by atoms with E-state index in [-0.39, 0.29) is 48.0 Å². The van der Waals surface area contributed by atoms with E-state index in [4.69, 9.17) is 4.74 Å². The molecule has 1 heterocycles. The van der Waals surface area contributed by atoms with Crippen molar-refractivity contribution in [1.29, 1.82) is 0 Å². The number of esters is 1. The Hall–Kier alpha value is -1.98. The Balaban J connectivity index is 1.18. The Morgan fingerprint density at radius 3 is 1.93 bits per heavy atom. The van der Waals surface area contributed by atoms with E-state index in [1.54, 1.807) is 0 Å². The highest BCUT2D eigenvalue weighted by Crippen LogP contribution is 2.60. The van der Waals surface area contributed by atoms with Crippen LogP contribution in [0.5, 0.6) is 0 Å². The van der Waals surface area contributed by atoms with Crippen LogP contribution >= 0.6 is 0 Å². The van der Waals surface area contributed by atoms with Gasteiger partial charge in [-0.3, -0.25) is 24.1 Å². The molecule has 1 aliphatic heterocycles. The number of nitrogens with zero attached hydrogens (tertiary/aromatic N) is 1. The lowest BCUT2D eigenvalue weighted by Gasteiger charge is -2.55. The maximum atomic E-state index is 12.9. The van der Waals surface area contributed by atoms with E-state index in [0.29, 0.717) is 30.6 Å². The Labute approximate surface area is 164 Å². The molecule has 5 aliphatic carbocycles. The van der Waals surface area contributed by atoms with Gasteiger partial charge < -0.3 is 4.74 Å². The average molecular weight is 385 g/mol. The fourth-order valence-electron chi connectivity index (χ4n) is 6.95. The van der Waals surface area contributed by atoms with Crippen LogP contribution in [0.25, 0.3) is 0 Å². The highest BCUT2D eigenvalue weighted by molar-refractivity contribution is 6.07. The number of ketones is 1. The maximum Gasteiger partial charge on any atom is 0.326 e. The van der Waals surface area contributed by atoms with E-state index >= 15 is 0 Å². The molecular formula is C22H27NO5. The molecule has 0 aromatic rings. The van der Waals surface area contributed by atoms with Gasteiger partial charge in [-0.05, 0) is 69.1 Å². The molecule has 6 heteroatoms. The summed E-state index contributed by atoms with van der Waals surface area (Å²) in [5, 5.41) is 0. The van der Waals surface area contributed by atoms with Gasteiger partial charge in [0.1, 0.15) is 6.54 Å². The number of carbonyl (C=O) groups excluding carboxylic acids is 4. The summed E-state index contributed by atoms with van der Waals surface area (Å²) < 4.78 is 5.26. The summed E-state index contributed by atoms with van der Waals surface area (Å²) >= 11 is 0. The lowest BCUT2D eigenvalue weighted by Crippen LogP contribution is -2.51. The summed E-state index contributed by atoms with van der Waals surface area (Å²) in [6.07, 6.45) is 11.5. The molecule has 6 nitrogen and oxygen atoms in total. The van der Waals surface area contributed by atoms with Crippen LogP contribution in [0.3, 0.4) is 0 Å². The first kappa shape index (κ1) is 18.1. The number of imide groups is 1. The number of amides is 2. The third kappa shape index (κ3) is 2.83. The van der Waals surface area contributed by atoms with Gasteiger partial charge >= 0.3 is 5.97 Å². The summed E-state index contributed by atoms with van der Waals surface area (Å²) in [5.74, 6) is 0.0710. The molecule has 150 valence electrons. The summed E-state index contributed by atoms with van der Waals surface area (Å²) in [7, 11) is 0. The Morgan fingerprint density at radius 2 is 1.43 bits per heavy atom. The molecule has 0 aromatic heterocycles. The van der Waals surface area contributed by atoms with Gasteiger partial charge in [0.05, 0.1) is 11.8 Å². The number of hydrogen-bond acceptors (Lipinski definition) is 5. The van der Waals surface area contributed by atoms with Crippen molar-refractivity contribution in [2.45, 2.75) is 51.4 Å². The highest BCUT2D eigenvalue weighted by atomic mass is 16.5. The molecule has 4 bridgehead atoms. The first-order chi connectivity index (χ1) is 13.4. The number of rotatable bonds is 5. The number of carbonyl (C=O) groups is 4. The van der Waals surface area contributed by atoms with Crippen LogP contribution in [0.15, 0.2) is 12.2 Å². The van der Waals surface area contributed by atoms with Crippen LogP contribution in [0, 0.1) is 35.0 Å². The van der Waals surface area contributed by atoms with Crippen molar-refractivity contribution in [3.63, 3.8) is 0 Å². The lowest BCUT2D eigenvalue weighted by molar-refractivity contribution is -0.160. The number of hydrogen-bond donors (Lipinski definition) is 0. The zero-order valence-corrected chi connectivity index (χ0v) is 16.1. The molecule has 6 aliphatic rings. The van der Waals surface area contributed by atoms with E-state index in [2.05, 4.69) is 0 Å². The third-order valence-electron chi connectivity index (χ3n) is 7.88. The second-order valence-corrected chi connectivity index (χ2v) is 9.70. The minimum absolute atomic E-state index is 0.0388. The summed E-state index contributed by atoms with van der Waals surface area (Å²) in [6.45, 7) is -0.603. The Morgan fingerprint density at radius 1 is 0.929 bits per heavy atom. The standard InChI is InChI=1S/C22H27NO5/c24-18(22-8-13-5-14(9-22)7-15(6-13)10-22)12-28-19(25)11-23-20(26)16-3-1-2-4-17(16)21(23)27/h1-2,13-17H,3-12H2/t13?,14?,15?,16-,17-,22?/m0/s1. The number of Topliss-reactive ketones (excluding diaryl/α,β-unsaturated/α-hetero) is 1. The molecule has 0 aromatic carbocycles. The van der Waals surface area contributed by atoms with Crippen molar-refractivity contribution >= 4 is 23.6 Å². The Kier molecular flexibility index (Phi) is 4.21. The van der Waals surface area contributed by atoms with E-state index in [1.807, 2.05) is 12.2 Å². The van der Waals surface area contributed by atoms with Crippen LogP contribution in [-0.4, -0.2) is 41.6 Å². The second kappa shape index (κ2) is 6.53. The first-order valence-corrected chi connectivity index (χ1v) is 10.6. The second-order valence-electron chi connectivity index (χ2n) is 9.70. The Bertz CT molecular complexity index is 708. The minimum Gasteiger partial charge on any atom is -0.456 e. The number of fused-ring (bicyclic) bond motifs is 1. The monoisotopic (exact) mass is 385 g/mol. The van der Waals surface area contributed by atoms with E-state index in [0.717, 1.165) is 24.2 Å². The van der Waals surface area contributed by atoms with Gasteiger partial charge in [0, 0.05) is 5.41 Å². The predicted molar refractivity (Wildman–Crippen MR) is 98.6 cm³/mol. The molecule has 4 saturated carbocycles. The van der Waals surface area contributed by atoms with Crippen LogP contribution < -0.4 is 0 Å². The molecule has 2 amide bonds. The van der Waals surface area contributed by atoms with Crippen molar-refractivity contribution < 1.29 is 23.9 Å². The van der Waals surface area contributed by atoms with Crippen LogP contribution in [0.4, 0.5) is 0 Å². The molecule has 0 radical (unpaired) electrons. The largest absolute Gasteiger partial charge is 0.456 e. The summed E-state index contributed by atoms with van der Waals surface area (Å²) in [4.78, 5) is 51.2. The van der Waals surface area contributed by atoms with Crippen LogP contribution in [-0.2, 0) is 23.9 Å². The fourth-order valence-corrected chi connectivity index (χ4v) is 6.95. The lowest BCUT2D eigenvalue weighted by atomic mass is 9.48. The van der Waals surface area contributed by atoms with Crippen LogP contribution in [0.1, 0.15) is 51.4 Å². The van der Waals surface area contributed by atoms with Crippen molar-refractivity contribution in [2.24, 2.45) is 35.0 Å². The third-order valence-corrected chi connectivity index (χ3v) is 7.88. The van der Waals surface area contributed by atoms with E-state index in [9.17, 15) is 19.2 Å². The SMILES string of the molecule is O=C(CN1C(=O)[C@H]2CC=CC[C@@H]2C1=O)OCC(=O)C12CC3CC(CC(C3)C1)C2. The molecule has 6 rings (SSSR count). The van der Waals surface area contributed by atoms with Gasteiger partial charge in [-0.2, -0.15) is 0 Å². The minimum atomic E-state index is -0.661. The molecule has 28 heavy (non-hydrogen) atoms. The quantitative estimate of drug-likeness (QED) is 0.412. The molecule has 5 fully saturated rings.